The number of amides is 1. The van der Waals surface area contributed by atoms with Gasteiger partial charge in [0.25, 0.3) is 0 Å². The number of hydrogen-bond acceptors (Lipinski definition) is 5. The number of carbonyl (C=O) groups excluding carboxylic acids is 3. The van der Waals surface area contributed by atoms with Crippen LogP contribution in [0.4, 0.5) is 0 Å². The first-order valence-electron chi connectivity index (χ1n) is 21.0. The van der Waals surface area contributed by atoms with Gasteiger partial charge in [-0.25, -0.2) is 0 Å². The summed E-state index contributed by atoms with van der Waals surface area (Å²) in [5.41, 5.74) is 1.32. The summed E-state index contributed by atoms with van der Waals surface area (Å²) in [6.45, 7) is 19.6. The van der Waals surface area contributed by atoms with Crippen molar-refractivity contribution in [2.75, 3.05) is 0 Å². The second-order valence-electron chi connectivity index (χ2n) is 21.0. The first-order valence-corrected chi connectivity index (χ1v) is 21.4. The van der Waals surface area contributed by atoms with Crippen molar-refractivity contribution in [3.8, 4) is 0 Å². The maximum atomic E-state index is 14.1. The molecule has 1 aromatic carbocycles. The van der Waals surface area contributed by atoms with Crippen LogP contribution in [0.25, 0.3) is 0 Å². The predicted octanol–water partition coefficient (Wildman–Crippen LogP) is 10.4. The molecule has 6 aliphatic carbocycles. The van der Waals surface area contributed by atoms with E-state index in [-0.39, 0.29) is 63.2 Å². The molecule has 0 radical (unpaired) electrons. The van der Waals surface area contributed by atoms with Gasteiger partial charge in [-0.15, -0.1) is 0 Å². The lowest BCUT2D eigenvalue weighted by atomic mass is 9.33. The van der Waals surface area contributed by atoms with Crippen LogP contribution >= 0.6 is 11.6 Å². The summed E-state index contributed by atoms with van der Waals surface area (Å²) in [7, 11) is 0. The summed E-state index contributed by atoms with van der Waals surface area (Å²) in [5.74, 6) is -0.0278. The van der Waals surface area contributed by atoms with Gasteiger partial charge in [-0.05, 0) is 153 Å². The number of ether oxygens (including phenoxy) is 1. The maximum absolute atomic E-state index is 14.1. The van der Waals surface area contributed by atoms with Gasteiger partial charge in [-0.2, -0.15) is 0 Å². The molecule has 6 aliphatic rings. The Morgan fingerprint density at radius 2 is 1.58 bits per heavy atom. The molecule has 55 heavy (non-hydrogen) atoms. The van der Waals surface area contributed by atoms with Crippen molar-refractivity contribution in [3.63, 3.8) is 0 Å². The molecule has 8 atom stereocenters. The van der Waals surface area contributed by atoms with E-state index in [1.54, 1.807) is 19.9 Å². The van der Waals surface area contributed by atoms with E-state index in [0.717, 1.165) is 75.3 Å². The van der Waals surface area contributed by atoms with Crippen molar-refractivity contribution < 1.29 is 29.0 Å². The van der Waals surface area contributed by atoms with Gasteiger partial charge in [0.1, 0.15) is 6.10 Å². The molecule has 0 aliphatic heterocycles. The van der Waals surface area contributed by atoms with Gasteiger partial charge in [-0.1, -0.05) is 78.3 Å². The minimum atomic E-state index is -1.17. The van der Waals surface area contributed by atoms with E-state index in [9.17, 15) is 24.3 Å². The highest BCUT2D eigenvalue weighted by Gasteiger charge is 2.70. The fraction of sp³-hybridized carbons (Fsp3) is 0.702. The van der Waals surface area contributed by atoms with E-state index in [1.165, 1.54) is 5.57 Å². The Balaban J connectivity index is 1.14. The van der Waals surface area contributed by atoms with Crippen LogP contribution in [-0.2, 0) is 29.5 Å². The van der Waals surface area contributed by atoms with Gasteiger partial charge >= 0.3 is 11.9 Å². The molecule has 0 heterocycles. The van der Waals surface area contributed by atoms with E-state index < -0.39 is 22.8 Å². The number of nitrogens with one attached hydrogen (secondary N) is 1. The predicted molar refractivity (Wildman–Crippen MR) is 215 cm³/mol. The van der Waals surface area contributed by atoms with Crippen molar-refractivity contribution in [3.05, 3.63) is 58.1 Å². The number of carbonyl (C=O) groups is 4. The minimum absolute atomic E-state index is 0.00782. The molecule has 0 spiro atoms. The van der Waals surface area contributed by atoms with Gasteiger partial charge < -0.3 is 15.2 Å². The Bertz CT molecular complexity index is 1840. The molecular weight excluding hydrogens is 710 g/mol. The number of allylic oxidation sites excluding steroid dienone is 3. The number of Topliss-reactive ketones (excluding diaryl/α,β-unsaturated/α-hetero) is 1. The number of aliphatic carboxylic acids is 1. The van der Waals surface area contributed by atoms with Crippen LogP contribution in [0.2, 0.25) is 5.02 Å². The third-order valence-electron chi connectivity index (χ3n) is 16.9. The molecule has 0 aromatic heterocycles. The Morgan fingerprint density at radius 3 is 2.20 bits per heavy atom. The lowest BCUT2D eigenvalue weighted by molar-refractivity contribution is -0.232. The third kappa shape index (κ3) is 6.27. The zero-order valence-electron chi connectivity index (χ0n) is 34.7. The Morgan fingerprint density at radius 1 is 0.909 bits per heavy atom. The lowest BCUT2D eigenvalue weighted by Gasteiger charge is -2.72. The van der Waals surface area contributed by atoms with Crippen molar-refractivity contribution in [2.24, 2.45) is 56.2 Å². The summed E-state index contributed by atoms with van der Waals surface area (Å²) in [5, 5.41) is 13.6. The normalized spacial score (nSPS) is 37.5. The Labute approximate surface area is 333 Å². The number of fused-ring (bicyclic) bond motifs is 7. The second kappa shape index (κ2) is 13.3. The molecule has 7 rings (SSSR count). The fourth-order valence-electron chi connectivity index (χ4n) is 13.6. The van der Waals surface area contributed by atoms with Gasteiger partial charge in [0, 0.05) is 22.3 Å². The van der Waals surface area contributed by atoms with Gasteiger partial charge in [0.2, 0.25) is 5.91 Å². The summed E-state index contributed by atoms with van der Waals surface area (Å²) in [6.07, 6.45) is 13.6. The number of rotatable bonds is 9. The van der Waals surface area contributed by atoms with Crippen LogP contribution in [0, 0.1) is 56.2 Å². The lowest BCUT2D eigenvalue weighted by Crippen LogP contribution is -2.65. The van der Waals surface area contributed by atoms with Crippen molar-refractivity contribution in [1.82, 2.24) is 5.32 Å². The molecule has 1 aromatic rings. The first-order chi connectivity index (χ1) is 25.6. The number of benzene rings is 1. The summed E-state index contributed by atoms with van der Waals surface area (Å²) in [4.78, 5) is 52.6. The molecule has 5 saturated carbocycles. The number of ketones is 1. The zero-order chi connectivity index (χ0) is 40.1. The molecule has 2 N–H and O–H groups in total. The first kappa shape index (κ1) is 40.3. The highest BCUT2D eigenvalue weighted by atomic mass is 35.5. The van der Waals surface area contributed by atoms with Gasteiger partial charge in [0.15, 0.2) is 5.78 Å². The minimum Gasteiger partial charge on any atom is -0.481 e. The average Bonchev–Trinajstić information content (AvgIpc) is 3.80. The number of esters is 1. The molecule has 1 amide bonds. The maximum Gasteiger partial charge on any atom is 0.309 e. The number of carboxylic acid groups (broad SMARTS) is 1. The number of hydrogen-bond donors (Lipinski definition) is 2. The monoisotopic (exact) mass is 773 g/mol. The van der Waals surface area contributed by atoms with Crippen LogP contribution in [0.15, 0.2) is 47.6 Å². The van der Waals surface area contributed by atoms with Crippen LogP contribution in [-0.4, -0.2) is 34.8 Å². The van der Waals surface area contributed by atoms with Crippen LogP contribution in [0.3, 0.4) is 0 Å². The molecule has 7 nitrogen and oxygen atoms in total. The zero-order valence-corrected chi connectivity index (χ0v) is 35.5. The summed E-state index contributed by atoms with van der Waals surface area (Å²) >= 11 is 6.16. The van der Waals surface area contributed by atoms with E-state index in [1.807, 2.05) is 24.3 Å². The molecule has 300 valence electrons. The van der Waals surface area contributed by atoms with E-state index in [0.29, 0.717) is 23.3 Å². The van der Waals surface area contributed by atoms with Crippen LogP contribution in [0.1, 0.15) is 145 Å². The molecule has 0 unspecified atom stereocenters. The van der Waals surface area contributed by atoms with Gasteiger partial charge in [0.05, 0.1) is 17.4 Å². The van der Waals surface area contributed by atoms with Crippen molar-refractivity contribution >= 4 is 35.2 Å². The highest BCUT2D eigenvalue weighted by molar-refractivity contribution is 6.30. The SMILES string of the molecule is CC(C)C1=C2[C@H]3CC[C@@H]4[C@@]5(C)CC[C@H](OC(=O)CC(C)(C)C(=O)O)C(C)(C)[C@@H]5CC[C@@]4(C)[C@]3(C)CC[C@@]2(C=CC(=O)NC2(c3ccc(Cl)cc3)CC2)CC1=O. The Hall–Kier alpha value is -2.93. The quantitative estimate of drug-likeness (QED) is 0.191. The Kier molecular flexibility index (Phi) is 9.75. The highest BCUT2D eigenvalue weighted by Crippen LogP contribution is 2.77. The van der Waals surface area contributed by atoms with E-state index in [2.05, 4.69) is 59.9 Å². The summed E-state index contributed by atoms with van der Waals surface area (Å²) in [6, 6.07) is 7.76. The van der Waals surface area contributed by atoms with Gasteiger partial charge in [-0.3, -0.25) is 19.2 Å². The average molecular weight is 774 g/mol. The standard InChI is InChI=1S/C47H64ClNO6/c1-28(2)38-32(50)26-46(21-18-36(51)49-47(24-25-47)29-10-12-30(48)13-11-29)23-22-44(8)31(39(38)46)14-15-34-43(7)19-17-35(55-37(52)27-41(3,4)40(53)54)42(5,6)33(43)16-20-45(34,44)9/h10-13,18,21,28,31,33-35H,14-17,19-20,22-27H2,1-9H3,(H,49,51)(H,53,54)/t31-,33+,34-,35+,43+,44-,45-,46+/m1/s1. The van der Waals surface area contributed by atoms with E-state index >= 15 is 0 Å². The largest absolute Gasteiger partial charge is 0.481 e. The molecule has 8 heteroatoms. The fourth-order valence-corrected chi connectivity index (χ4v) is 13.7. The number of carboxylic acids is 1. The molecule has 0 saturated heterocycles. The third-order valence-corrected chi connectivity index (χ3v) is 17.2. The van der Waals surface area contributed by atoms with Crippen LogP contribution < -0.4 is 5.32 Å². The molecule has 0 bridgehead atoms. The summed E-state index contributed by atoms with van der Waals surface area (Å²) < 4.78 is 6.17. The van der Waals surface area contributed by atoms with Crippen molar-refractivity contribution in [1.29, 1.82) is 0 Å². The number of halogens is 1. The molecular formula is C47H64ClNO6. The molecule has 5 fully saturated rings. The second-order valence-corrected chi connectivity index (χ2v) is 21.4. The smallest absolute Gasteiger partial charge is 0.309 e. The van der Waals surface area contributed by atoms with Crippen molar-refractivity contribution in [2.45, 2.75) is 151 Å². The van der Waals surface area contributed by atoms with Crippen LogP contribution in [0.5, 0.6) is 0 Å². The topological polar surface area (TPSA) is 110 Å². The van der Waals surface area contributed by atoms with E-state index in [4.69, 9.17) is 16.3 Å².